The average Bonchev–Trinajstić information content (AvgIpc) is 3.05. The summed E-state index contributed by atoms with van der Waals surface area (Å²) in [5, 5.41) is 13.6. The number of para-hydroxylation sites is 1. The Labute approximate surface area is 122 Å². The lowest BCUT2D eigenvalue weighted by Crippen LogP contribution is -1.96. The van der Waals surface area contributed by atoms with Crippen molar-refractivity contribution in [3.8, 4) is 17.1 Å². The van der Waals surface area contributed by atoms with Crippen molar-refractivity contribution < 1.29 is 14.3 Å². The van der Waals surface area contributed by atoms with Crippen molar-refractivity contribution in [3.05, 3.63) is 58.9 Å². The van der Waals surface area contributed by atoms with Crippen molar-refractivity contribution in [1.29, 1.82) is 0 Å². The lowest BCUT2D eigenvalue weighted by atomic mass is 10.2. The van der Waals surface area contributed by atoms with Crippen LogP contribution in [0.2, 0.25) is 0 Å². The molecule has 2 aromatic heterocycles. The van der Waals surface area contributed by atoms with Crippen LogP contribution in [-0.2, 0) is 0 Å². The first-order valence-corrected chi connectivity index (χ1v) is 6.58. The van der Waals surface area contributed by atoms with Crippen LogP contribution in [0.4, 0.5) is 0 Å². The van der Waals surface area contributed by atoms with Crippen LogP contribution in [0, 0.1) is 0 Å². The summed E-state index contributed by atoms with van der Waals surface area (Å²) < 4.78 is 7.44. The van der Waals surface area contributed by atoms with Gasteiger partial charge in [0.25, 0.3) is 0 Å². The Balaban J connectivity index is 2.15. The Bertz CT molecular complexity index is 762. The van der Waals surface area contributed by atoms with Crippen molar-refractivity contribution in [2.45, 2.75) is 0 Å². The molecule has 0 radical (unpaired) electrons. The van der Waals surface area contributed by atoms with Crippen LogP contribution in [0.25, 0.3) is 17.1 Å². The summed E-state index contributed by atoms with van der Waals surface area (Å²) >= 11 is 3.19. The molecule has 0 amide bonds. The smallest absolute Gasteiger partial charge is 0.339 e. The molecule has 1 aromatic carbocycles. The molecule has 3 aromatic rings. The summed E-state index contributed by atoms with van der Waals surface area (Å²) in [6, 6.07) is 12.7. The van der Waals surface area contributed by atoms with Crippen LogP contribution in [0.5, 0.6) is 0 Å². The molecule has 0 aliphatic heterocycles. The molecular formula is C14H9BrN2O3. The second kappa shape index (κ2) is 4.97. The second-order valence-corrected chi connectivity index (χ2v) is 4.86. The molecule has 0 atom stereocenters. The minimum absolute atomic E-state index is 0.0932. The molecule has 0 bridgehead atoms. The van der Waals surface area contributed by atoms with Crippen molar-refractivity contribution in [3.63, 3.8) is 0 Å². The van der Waals surface area contributed by atoms with Gasteiger partial charge >= 0.3 is 5.97 Å². The zero-order valence-corrected chi connectivity index (χ0v) is 11.7. The summed E-state index contributed by atoms with van der Waals surface area (Å²) in [7, 11) is 0. The van der Waals surface area contributed by atoms with E-state index in [1.54, 1.807) is 12.1 Å². The molecule has 3 rings (SSSR count). The normalized spacial score (nSPS) is 10.7. The van der Waals surface area contributed by atoms with E-state index >= 15 is 0 Å². The molecule has 5 nitrogen and oxygen atoms in total. The van der Waals surface area contributed by atoms with Crippen molar-refractivity contribution in [1.82, 2.24) is 9.78 Å². The number of carboxylic acid groups (broad SMARTS) is 1. The van der Waals surface area contributed by atoms with Gasteiger partial charge in [-0.15, -0.1) is 0 Å². The molecule has 0 fully saturated rings. The fourth-order valence-corrected chi connectivity index (χ4v) is 2.17. The number of aromatic nitrogens is 2. The van der Waals surface area contributed by atoms with Crippen LogP contribution < -0.4 is 0 Å². The molecular weight excluding hydrogens is 324 g/mol. The zero-order chi connectivity index (χ0) is 14.1. The highest BCUT2D eigenvalue weighted by Gasteiger charge is 2.20. The van der Waals surface area contributed by atoms with Crippen molar-refractivity contribution in [2.75, 3.05) is 0 Å². The predicted octanol–water partition coefficient (Wildman–Crippen LogP) is 3.59. The fourth-order valence-electron chi connectivity index (χ4n) is 1.87. The van der Waals surface area contributed by atoms with Gasteiger partial charge in [-0.25, -0.2) is 9.48 Å². The maximum absolute atomic E-state index is 11.3. The number of halogens is 1. The number of benzene rings is 1. The highest BCUT2D eigenvalue weighted by molar-refractivity contribution is 9.10. The highest BCUT2D eigenvalue weighted by atomic mass is 79.9. The molecule has 2 heterocycles. The van der Waals surface area contributed by atoms with Crippen LogP contribution in [0.15, 0.2) is 57.7 Å². The van der Waals surface area contributed by atoms with Gasteiger partial charge in [0.15, 0.2) is 10.4 Å². The maximum atomic E-state index is 11.3. The number of carboxylic acids is 1. The highest BCUT2D eigenvalue weighted by Crippen LogP contribution is 2.27. The number of hydrogen-bond acceptors (Lipinski definition) is 3. The summed E-state index contributed by atoms with van der Waals surface area (Å²) in [6.07, 6.45) is 1.48. The van der Waals surface area contributed by atoms with Gasteiger partial charge in [-0.3, -0.25) is 0 Å². The van der Waals surface area contributed by atoms with Gasteiger partial charge in [0.05, 0.1) is 5.69 Å². The van der Waals surface area contributed by atoms with E-state index in [2.05, 4.69) is 21.0 Å². The third-order valence-corrected chi connectivity index (χ3v) is 3.20. The van der Waals surface area contributed by atoms with Gasteiger partial charge in [0.1, 0.15) is 11.3 Å². The maximum Gasteiger partial charge on any atom is 0.339 e. The molecule has 0 unspecified atom stereocenters. The Hall–Kier alpha value is -2.34. The molecule has 0 aliphatic carbocycles. The molecule has 0 saturated heterocycles. The lowest BCUT2D eigenvalue weighted by molar-refractivity contribution is 0.0697. The van der Waals surface area contributed by atoms with Crippen LogP contribution >= 0.6 is 15.9 Å². The summed E-state index contributed by atoms with van der Waals surface area (Å²) in [5.41, 5.74) is 1.18. The standard InChI is InChI=1S/C14H9BrN2O3/c15-12-7-6-11(20-12)13-10(14(18)19)8-17(16-13)9-4-2-1-3-5-9/h1-8H,(H,18,19). The molecule has 0 aliphatic rings. The number of carbonyl (C=O) groups is 1. The first-order chi connectivity index (χ1) is 9.65. The SMILES string of the molecule is O=C(O)c1cn(-c2ccccc2)nc1-c1ccc(Br)o1. The van der Waals surface area contributed by atoms with E-state index in [4.69, 9.17) is 4.42 Å². The Morgan fingerprint density at radius 3 is 2.55 bits per heavy atom. The number of aromatic carboxylic acids is 1. The van der Waals surface area contributed by atoms with Gasteiger partial charge < -0.3 is 9.52 Å². The Morgan fingerprint density at radius 1 is 1.20 bits per heavy atom. The average molecular weight is 333 g/mol. The molecule has 6 heteroatoms. The number of rotatable bonds is 3. The van der Waals surface area contributed by atoms with Gasteiger partial charge in [-0.1, -0.05) is 18.2 Å². The third kappa shape index (κ3) is 2.25. The molecule has 0 spiro atoms. The summed E-state index contributed by atoms with van der Waals surface area (Å²) in [5.74, 6) is -0.640. The quantitative estimate of drug-likeness (QED) is 0.795. The first-order valence-electron chi connectivity index (χ1n) is 5.79. The number of hydrogen-bond donors (Lipinski definition) is 1. The molecule has 1 N–H and O–H groups in total. The monoisotopic (exact) mass is 332 g/mol. The van der Waals surface area contributed by atoms with Crippen molar-refractivity contribution >= 4 is 21.9 Å². The van der Waals surface area contributed by atoms with Crippen LogP contribution in [0.3, 0.4) is 0 Å². The van der Waals surface area contributed by atoms with E-state index in [0.29, 0.717) is 16.1 Å². The predicted molar refractivity (Wildman–Crippen MR) is 75.9 cm³/mol. The van der Waals surface area contributed by atoms with Crippen molar-refractivity contribution in [2.24, 2.45) is 0 Å². The fraction of sp³-hybridized carbons (Fsp3) is 0. The van der Waals surface area contributed by atoms with Crippen LogP contribution in [-0.4, -0.2) is 20.9 Å². The van der Waals surface area contributed by atoms with E-state index in [-0.39, 0.29) is 5.56 Å². The van der Waals surface area contributed by atoms with E-state index < -0.39 is 5.97 Å². The zero-order valence-electron chi connectivity index (χ0n) is 10.2. The summed E-state index contributed by atoms with van der Waals surface area (Å²) in [4.78, 5) is 11.3. The van der Waals surface area contributed by atoms with Gasteiger partial charge in [-0.05, 0) is 40.2 Å². The topological polar surface area (TPSA) is 68.3 Å². The largest absolute Gasteiger partial charge is 0.478 e. The van der Waals surface area contributed by atoms with Gasteiger partial charge in [0.2, 0.25) is 0 Å². The lowest BCUT2D eigenvalue weighted by Gasteiger charge is -1.98. The van der Waals surface area contributed by atoms with E-state index in [0.717, 1.165) is 5.69 Å². The minimum atomic E-state index is -1.05. The Morgan fingerprint density at radius 2 is 1.95 bits per heavy atom. The molecule has 100 valence electrons. The van der Waals surface area contributed by atoms with E-state index in [9.17, 15) is 9.90 Å². The van der Waals surface area contributed by atoms with Gasteiger partial charge in [0, 0.05) is 6.20 Å². The summed E-state index contributed by atoms with van der Waals surface area (Å²) in [6.45, 7) is 0. The number of furan rings is 1. The minimum Gasteiger partial charge on any atom is -0.478 e. The Kier molecular flexibility index (Phi) is 3.15. The van der Waals surface area contributed by atoms with E-state index in [1.165, 1.54) is 10.9 Å². The number of nitrogens with zero attached hydrogens (tertiary/aromatic N) is 2. The first kappa shape index (κ1) is 12.7. The van der Waals surface area contributed by atoms with Gasteiger partial charge in [-0.2, -0.15) is 5.10 Å². The molecule has 20 heavy (non-hydrogen) atoms. The molecule has 0 saturated carbocycles. The van der Waals surface area contributed by atoms with Crippen LogP contribution in [0.1, 0.15) is 10.4 Å². The second-order valence-electron chi connectivity index (χ2n) is 4.08. The van der Waals surface area contributed by atoms with E-state index in [1.807, 2.05) is 30.3 Å². The third-order valence-electron chi connectivity index (χ3n) is 2.77.